The molecule has 2 aromatic carbocycles. The van der Waals surface area contributed by atoms with Gasteiger partial charge in [-0.3, -0.25) is 0 Å². The molecule has 0 bridgehead atoms. The van der Waals surface area contributed by atoms with E-state index in [1.54, 1.807) is 36.4 Å². The van der Waals surface area contributed by atoms with Crippen LogP contribution >= 0.6 is 0 Å². The van der Waals surface area contributed by atoms with Crippen molar-refractivity contribution in [2.24, 2.45) is 0 Å². The van der Waals surface area contributed by atoms with Crippen molar-refractivity contribution in [2.45, 2.75) is 0 Å². The fourth-order valence-corrected chi connectivity index (χ4v) is 2.23. The number of aromatic nitrogens is 3. The minimum Gasteiger partial charge on any atom is -0.496 e. The first kappa shape index (κ1) is 13.8. The first-order valence-electron chi connectivity index (χ1n) is 6.50. The summed E-state index contributed by atoms with van der Waals surface area (Å²) in [6.07, 6.45) is 0. The van der Waals surface area contributed by atoms with Gasteiger partial charge in [-0.05, 0) is 24.3 Å². The van der Waals surface area contributed by atoms with Gasteiger partial charge in [0.15, 0.2) is 5.69 Å². The van der Waals surface area contributed by atoms with Gasteiger partial charge in [0.1, 0.15) is 29.0 Å². The first-order valence-corrected chi connectivity index (χ1v) is 6.50. The summed E-state index contributed by atoms with van der Waals surface area (Å²) in [5, 5.41) is 17.0. The SMILES string of the molecule is COc1ccccc1-c1c(C#N)nnn1-c1ccccc1F. The summed E-state index contributed by atoms with van der Waals surface area (Å²) < 4.78 is 20.7. The second kappa shape index (κ2) is 5.66. The number of methoxy groups -OCH3 is 1. The highest BCUT2D eigenvalue weighted by Crippen LogP contribution is 2.32. The molecule has 3 aromatic rings. The van der Waals surface area contributed by atoms with Gasteiger partial charge >= 0.3 is 0 Å². The summed E-state index contributed by atoms with van der Waals surface area (Å²) in [6.45, 7) is 0. The van der Waals surface area contributed by atoms with Gasteiger partial charge in [0.2, 0.25) is 0 Å². The summed E-state index contributed by atoms with van der Waals surface area (Å²) in [7, 11) is 1.53. The predicted octanol–water partition coefficient (Wildman–Crippen LogP) is 2.95. The lowest BCUT2D eigenvalue weighted by Crippen LogP contribution is -2.03. The number of ether oxygens (including phenoxy) is 1. The minimum atomic E-state index is -0.451. The van der Waals surface area contributed by atoms with Crippen LogP contribution in [-0.4, -0.2) is 22.1 Å². The molecule has 108 valence electrons. The maximum Gasteiger partial charge on any atom is 0.191 e. The molecule has 0 saturated carbocycles. The molecule has 0 saturated heterocycles. The van der Waals surface area contributed by atoms with E-state index < -0.39 is 5.82 Å². The van der Waals surface area contributed by atoms with Gasteiger partial charge in [-0.15, -0.1) is 5.10 Å². The highest BCUT2D eigenvalue weighted by molar-refractivity contribution is 5.72. The molecule has 6 heteroatoms. The lowest BCUT2D eigenvalue weighted by molar-refractivity contribution is 0.416. The van der Waals surface area contributed by atoms with Gasteiger partial charge in [0.25, 0.3) is 0 Å². The highest BCUT2D eigenvalue weighted by atomic mass is 19.1. The number of hydrogen-bond donors (Lipinski definition) is 0. The molecule has 0 radical (unpaired) electrons. The third-order valence-corrected chi connectivity index (χ3v) is 3.22. The predicted molar refractivity (Wildman–Crippen MR) is 78.0 cm³/mol. The molecule has 0 amide bonds. The topological polar surface area (TPSA) is 63.7 Å². The fraction of sp³-hybridized carbons (Fsp3) is 0.0625. The van der Waals surface area contributed by atoms with E-state index in [0.717, 1.165) is 0 Å². The molecule has 3 rings (SSSR count). The van der Waals surface area contributed by atoms with Crippen LogP contribution in [0.15, 0.2) is 48.5 Å². The van der Waals surface area contributed by atoms with Crippen molar-refractivity contribution in [3.8, 4) is 28.8 Å². The van der Waals surface area contributed by atoms with Crippen LogP contribution in [0, 0.1) is 17.1 Å². The Morgan fingerprint density at radius 1 is 1.14 bits per heavy atom. The largest absolute Gasteiger partial charge is 0.496 e. The maximum atomic E-state index is 14.1. The average molecular weight is 294 g/mol. The Morgan fingerprint density at radius 2 is 1.86 bits per heavy atom. The Hall–Kier alpha value is -3.20. The number of nitriles is 1. The number of nitrogens with zero attached hydrogens (tertiary/aromatic N) is 4. The monoisotopic (exact) mass is 294 g/mol. The number of rotatable bonds is 3. The van der Waals surface area contributed by atoms with Crippen molar-refractivity contribution in [3.63, 3.8) is 0 Å². The molecule has 0 spiro atoms. The summed E-state index contributed by atoms with van der Waals surface area (Å²) in [6, 6.07) is 15.3. The smallest absolute Gasteiger partial charge is 0.191 e. The zero-order valence-electron chi connectivity index (χ0n) is 11.7. The molecule has 1 aromatic heterocycles. The minimum absolute atomic E-state index is 0.104. The van der Waals surface area contributed by atoms with Crippen molar-refractivity contribution < 1.29 is 9.13 Å². The summed E-state index contributed by atoms with van der Waals surface area (Å²) in [4.78, 5) is 0. The Labute approximate surface area is 126 Å². The quantitative estimate of drug-likeness (QED) is 0.745. The maximum absolute atomic E-state index is 14.1. The zero-order valence-corrected chi connectivity index (χ0v) is 11.7. The molecule has 0 N–H and O–H groups in total. The molecule has 0 atom stereocenters. The van der Waals surface area contributed by atoms with Crippen molar-refractivity contribution >= 4 is 0 Å². The second-order valence-corrected chi connectivity index (χ2v) is 4.46. The van der Waals surface area contributed by atoms with E-state index in [4.69, 9.17) is 4.74 Å². The number of hydrogen-bond acceptors (Lipinski definition) is 4. The summed E-state index contributed by atoms with van der Waals surface area (Å²) >= 11 is 0. The normalized spacial score (nSPS) is 10.2. The van der Waals surface area contributed by atoms with Gasteiger partial charge in [0.05, 0.1) is 7.11 Å². The van der Waals surface area contributed by atoms with Crippen LogP contribution in [0.25, 0.3) is 16.9 Å². The Balaban J connectivity index is 2.30. The van der Waals surface area contributed by atoms with E-state index >= 15 is 0 Å². The van der Waals surface area contributed by atoms with Gasteiger partial charge in [-0.2, -0.15) is 5.26 Å². The molecule has 0 aliphatic carbocycles. The van der Waals surface area contributed by atoms with Crippen LogP contribution in [-0.2, 0) is 0 Å². The van der Waals surface area contributed by atoms with E-state index in [1.165, 1.54) is 17.9 Å². The van der Waals surface area contributed by atoms with E-state index in [-0.39, 0.29) is 11.4 Å². The zero-order chi connectivity index (χ0) is 15.5. The molecule has 0 aliphatic heterocycles. The lowest BCUT2D eigenvalue weighted by Gasteiger charge is -2.10. The molecule has 0 fully saturated rings. The van der Waals surface area contributed by atoms with Crippen molar-refractivity contribution in [1.29, 1.82) is 5.26 Å². The van der Waals surface area contributed by atoms with E-state index in [1.807, 2.05) is 12.1 Å². The molecule has 22 heavy (non-hydrogen) atoms. The van der Waals surface area contributed by atoms with Crippen LogP contribution < -0.4 is 4.74 Å². The van der Waals surface area contributed by atoms with Crippen molar-refractivity contribution in [1.82, 2.24) is 15.0 Å². The second-order valence-electron chi connectivity index (χ2n) is 4.46. The fourth-order valence-electron chi connectivity index (χ4n) is 2.23. The van der Waals surface area contributed by atoms with Gasteiger partial charge in [0, 0.05) is 5.56 Å². The summed E-state index contributed by atoms with van der Waals surface area (Å²) in [5.74, 6) is 0.104. The Morgan fingerprint density at radius 3 is 2.59 bits per heavy atom. The van der Waals surface area contributed by atoms with Crippen molar-refractivity contribution in [3.05, 3.63) is 60.0 Å². The Bertz CT molecular complexity index is 867. The van der Waals surface area contributed by atoms with Crippen LogP contribution in [0.3, 0.4) is 0 Å². The average Bonchev–Trinajstić information content (AvgIpc) is 2.98. The molecular formula is C16H11FN4O. The van der Waals surface area contributed by atoms with Crippen LogP contribution in [0.5, 0.6) is 5.75 Å². The Kier molecular flexibility index (Phi) is 3.54. The number of halogens is 1. The third kappa shape index (κ3) is 2.19. The standard InChI is InChI=1S/C16H11FN4O/c1-22-15-9-5-2-6-11(15)16-13(10-18)19-20-21(16)14-8-4-3-7-12(14)17/h2-9H,1H3. The van der Waals surface area contributed by atoms with Crippen LogP contribution in [0.2, 0.25) is 0 Å². The molecule has 0 aliphatic rings. The van der Waals surface area contributed by atoms with E-state index in [9.17, 15) is 9.65 Å². The van der Waals surface area contributed by atoms with Gasteiger partial charge in [-0.25, -0.2) is 9.07 Å². The number of benzene rings is 2. The third-order valence-electron chi connectivity index (χ3n) is 3.22. The lowest BCUT2D eigenvalue weighted by atomic mass is 10.1. The first-order chi connectivity index (χ1) is 10.8. The highest BCUT2D eigenvalue weighted by Gasteiger charge is 2.20. The van der Waals surface area contributed by atoms with E-state index in [2.05, 4.69) is 10.3 Å². The molecule has 0 unspecified atom stereocenters. The van der Waals surface area contributed by atoms with Crippen molar-refractivity contribution in [2.75, 3.05) is 7.11 Å². The molecule has 1 heterocycles. The van der Waals surface area contributed by atoms with Crippen LogP contribution in [0.4, 0.5) is 4.39 Å². The summed E-state index contributed by atoms with van der Waals surface area (Å²) in [5.41, 5.74) is 1.34. The molecule has 5 nitrogen and oxygen atoms in total. The number of para-hydroxylation sites is 2. The van der Waals surface area contributed by atoms with Crippen LogP contribution in [0.1, 0.15) is 5.69 Å². The van der Waals surface area contributed by atoms with Gasteiger partial charge in [-0.1, -0.05) is 29.5 Å². The van der Waals surface area contributed by atoms with Gasteiger partial charge < -0.3 is 4.74 Å². The van der Waals surface area contributed by atoms with E-state index in [0.29, 0.717) is 17.0 Å². The molecular weight excluding hydrogens is 283 g/mol.